The molecule has 0 saturated carbocycles. The SMILES string of the molecule is CCSCc1c(C(=O)O)sc2ccccc12. The molecule has 0 spiro atoms. The number of hydrogen-bond donors (Lipinski definition) is 1. The van der Waals surface area contributed by atoms with Crippen molar-refractivity contribution in [3.05, 3.63) is 34.7 Å². The highest BCUT2D eigenvalue weighted by Gasteiger charge is 2.16. The number of carboxylic acid groups (broad SMARTS) is 1. The molecule has 0 saturated heterocycles. The molecule has 0 fully saturated rings. The van der Waals surface area contributed by atoms with Crippen LogP contribution in [0.5, 0.6) is 0 Å². The minimum absolute atomic E-state index is 0.488. The van der Waals surface area contributed by atoms with Crippen LogP contribution in [0.4, 0.5) is 0 Å². The summed E-state index contributed by atoms with van der Waals surface area (Å²) in [5, 5.41) is 10.3. The molecule has 0 radical (unpaired) electrons. The molecule has 2 nitrogen and oxygen atoms in total. The predicted molar refractivity (Wildman–Crippen MR) is 70.6 cm³/mol. The van der Waals surface area contributed by atoms with E-state index in [4.69, 9.17) is 5.11 Å². The number of thioether (sulfide) groups is 1. The Balaban J connectivity index is 2.55. The Labute approximate surface area is 102 Å². The standard InChI is InChI=1S/C12H12O2S2/c1-2-15-7-9-8-5-3-4-6-10(8)16-11(9)12(13)14/h3-6H,2,7H2,1H3,(H,13,14). The Kier molecular flexibility index (Phi) is 3.51. The van der Waals surface area contributed by atoms with Crippen LogP contribution >= 0.6 is 23.1 Å². The lowest BCUT2D eigenvalue weighted by Crippen LogP contribution is -1.96. The minimum atomic E-state index is -0.812. The van der Waals surface area contributed by atoms with Crippen LogP contribution in [-0.4, -0.2) is 16.8 Å². The minimum Gasteiger partial charge on any atom is -0.477 e. The van der Waals surface area contributed by atoms with Gasteiger partial charge in [0.05, 0.1) is 0 Å². The molecule has 4 heteroatoms. The van der Waals surface area contributed by atoms with E-state index in [9.17, 15) is 4.79 Å². The number of rotatable bonds is 4. The first-order chi connectivity index (χ1) is 7.74. The van der Waals surface area contributed by atoms with Crippen LogP contribution in [0.1, 0.15) is 22.2 Å². The average molecular weight is 252 g/mol. The van der Waals surface area contributed by atoms with Crippen molar-refractivity contribution < 1.29 is 9.90 Å². The van der Waals surface area contributed by atoms with Crippen molar-refractivity contribution in [1.82, 2.24) is 0 Å². The van der Waals surface area contributed by atoms with Gasteiger partial charge in [-0.3, -0.25) is 0 Å². The number of benzene rings is 1. The van der Waals surface area contributed by atoms with Crippen molar-refractivity contribution in [3.63, 3.8) is 0 Å². The number of aromatic carboxylic acids is 1. The van der Waals surface area contributed by atoms with Crippen molar-refractivity contribution in [3.8, 4) is 0 Å². The van der Waals surface area contributed by atoms with Gasteiger partial charge in [-0.1, -0.05) is 25.1 Å². The largest absolute Gasteiger partial charge is 0.477 e. The molecule has 0 aliphatic heterocycles. The van der Waals surface area contributed by atoms with E-state index < -0.39 is 5.97 Å². The van der Waals surface area contributed by atoms with Crippen LogP contribution in [-0.2, 0) is 5.75 Å². The molecule has 0 unspecified atom stereocenters. The van der Waals surface area contributed by atoms with Gasteiger partial charge in [0.15, 0.2) is 0 Å². The fraction of sp³-hybridized carbons (Fsp3) is 0.250. The second-order valence-electron chi connectivity index (χ2n) is 3.35. The summed E-state index contributed by atoms with van der Waals surface area (Å²) in [6.45, 7) is 2.08. The van der Waals surface area contributed by atoms with Crippen molar-refractivity contribution in [2.24, 2.45) is 0 Å². The Morgan fingerprint density at radius 1 is 1.44 bits per heavy atom. The van der Waals surface area contributed by atoms with Gasteiger partial charge in [-0.2, -0.15) is 11.8 Å². The fourth-order valence-corrected chi connectivity index (χ4v) is 3.48. The summed E-state index contributed by atoms with van der Waals surface area (Å²) in [4.78, 5) is 11.6. The zero-order chi connectivity index (χ0) is 11.5. The lowest BCUT2D eigenvalue weighted by molar-refractivity contribution is 0.0701. The zero-order valence-corrected chi connectivity index (χ0v) is 10.5. The summed E-state index contributed by atoms with van der Waals surface area (Å²) in [6, 6.07) is 7.89. The molecular formula is C12H12O2S2. The van der Waals surface area contributed by atoms with Crippen molar-refractivity contribution in [2.45, 2.75) is 12.7 Å². The van der Waals surface area contributed by atoms with E-state index in [1.54, 1.807) is 11.8 Å². The molecule has 2 aromatic rings. The molecule has 2 rings (SSSR count). The molecule has 84 valence electrons. The zero-order valence-electron chi connectivity index (χ0n) is 8.90. The highest BCUT2D eigenvalue weighted by molar-refractivity contribution is 7.98. The van der Waals surface area contributed by atoms with Gasteiger partial charge in [0.2, 0.25) is 0 Å². The Hall–Kier alpha value is -1.00. The van der Waals surface area contributed by atoms with E-state index in [0.717, 1.165) is 27.2 Å². The van der Waals surface area contributed by atoms with Crippen LogP contribution in [0.2, 0.25) is 0 Å². The molecule has 0 aliphatic carbocycles. The van der Waals surface area contributed by atoms with Crippen molar-refractivity contribution in [1.29, 1.82) is 0 Å². The van der Waals surface area contributed by atoms with Gasteiger partial charge in [0, 0.05) is 10.5 Å². The van der Waals surface area contributed by atoms with Crippen LogP contribution in [0, 0.1) is 0 Å². The van der Waals surface area contributed by atoms with Gasteiger partial charge in [-0.15, -0.1) is 11.3 Å². The molecule has 0 amide bonds. The summed E-state index contributed by atoms with van der Waals surface area (Å²) in [6.07, 6.45) is 0. The Bertz CT molecular complexity index is 517. The Morgan fingerprint density at radius 2 is 2.19 bits per heavy atom. The summed E-state index contributed by atoms with van der Waals surface area (Å²) in [7, 11) is 0. The van der Waals surface area contributed by atoms with Gasteiger partial charge >= 0.3 is 5.97 Å². The molecule has 0 aliphatic rings. The van der Waals surface area contributed by atoms with E-state index in [0.29, 0.717) is 4.88 Å². The van der Waals surface area contributed by atoms with Gasteiger partial charge in [-0.25, -0.2) is 4.79 Å². The third-order valence-corrected chi connectivity index (χ3v) is 4.45. The maximum atomic E-state index is 11.2. The van der Waals surface area contributed by atoms with E-state index in [1.807, 2.05) is 24.3 Å². The lowest BCUT2D eigenvalue weighted by atomic mass is 10.1. The monoisotopic (exact) mass is 252 g/mol. The molecule has 1 heterocycles. The maximum Gasteiger partial charge on any atom is 0.346 e. The number of carboxylic acids is 1. The Morgan fingerprint density at radius 3 is 2.88 bits per heavy atom. The average Bonchev–Trinajstić information content (AvgIpc) is 2.65. The highest BCUT2D eigenvalue weighted by atomic mass is 32.2. The summed E-state index contributed by atoms with van der Waals surface area (Å²) in [5.74, 6) is 0.971. The van der Waals surface area contributed by atoms with Crippen LogP contribution in [0.15, 0.2) is 24.3 Å². The maximum absolute atomic E-state index is 11.2. The smallest absolute Gasteiger partial charge is 0.346 e. The first kappa shape index (κ1) is 11.5. The van der Waals surface area contributed by atoms with E-state index in [1.165, 1.54) is 11.3 Å². The van der Waals surface area contributed by atoms with E-state index >= 15 is 0 Å². The third-order valence-electron chi connectivity index (χ3n) is 2.34. The number of thiophene rings is 1. The third kappa shape index (κ3) is 2.08. The molecule has 0 atom stereocenters. The van der Waals surface area contributed by atoms with Crippen LogP contribution in [0.3, 0.4) is 0 Å². The first-order valence-corrected chi connectivity index (χ1v) is 7.02. The second-order valence-corrected chi connectivity index (χ2v) is 5.67. The predicted octanol–water partition coefficient (Wildman–Crippen LogP) is 3.85. The van der Waals surface area contributed by atoms with Crippen LogP contribution < -0.4 is 0 Å². The molecule has 16 heavy (non-hydrogen) atoms. The second kappa shape index (κ2) is 4.89. The normalized spacial score (nSPS) is 10.8. The molecule has 1 N–H and O–H groups in total. The molecule has 0 bridgehead atoms. The highest BCUT2D eigenvalue weighted by Crippen LogP contribution is 2.33. The number of carbonyl (C=O) groups is 1. The summed E-state index contributed by atoms with van der Waals surface area (Å²) in [5.41, 5.74) is 0.972. The van der Waals surface area contributed by atoms with E-state index in [-0.39, 0.29) is 0 Å². The van der Waals surface area contributed by atoms with Gasteiger partial charge in [-0.05, 0) is 22.8 Å². The van der Waals surface area contributed by atoms with Crippen molar-refractivity contribution >= 4 is 39.2 Å². The van der Waals surface area contributed by atoms with E-state index in [2.05, 4.69) is 6.92 Å². The molecule has 1 aromatic heterocycles. The lowest BCUT2D eigenvalue weighted by Gasteiger charge is -1.99. The quantitative estimate of drug-likeness (QED) is 0.898. The summed E-state index contributed by atoms with van der Waals surface area (Å²) >= 11 is 3.13. The van der Waals surface area contributed by atoms with Crippen molar-refractivity contribution in [2.75, 3.05) is 5.75 Å². The first-order valence-electron chi connectivity index (χ1n) is 5.05. The fourth-order valence-electron chi connectivity index (χ4n) is 1.62. The van der Waals surface area contributed by atoms with Crippen LogP contribution in [0.25, 0.3) is 10.1 Å². The molecular weight excluding hydrogens is 240 g/mol. The van der Waals surface area contributed by atoms with Gasteiger partial charge in [0.1, 0.15) is 4.88 Å². The molecule has 1 aromatic carbocycles. The number of hydrogen-bond acceptors (Lipinski definition) is 3. The summed E-state index contributed by atoms with van der Waals surface area (Å²) < 4.78 is 1.06. The van der Waals surface area contributed by atoms with Gasteiger partial charge < -0.3 is 5.11 Å². The topological polar surface area (TPSA) is 37.3 Å². The number of fused-ring (bicyclic) bond motifs is 1. The van der Waals surface area contributed by atoms with Gasteiger partial charge in [0.25, 0.3) is 0 Å².